The van der Waals surface area contributed by atoms with Crippen LogP contribution >= 0.6 is 0 Å². The molecule has 0 bridgehead atoms. The Balaban J connectivity index is 1.72. The van der Waals surface area contributed by atoms with Crippen LogP contribution in [0.2, 0.25) is 0 Å². The zero-order valence-electron chi connectivity index (χ0n) is 13.7. The van der Waals surface area contributed by atoms with E-state index < -0.39 is 0 Å². The number of rotatable bonds is 7. The van der Waals surface area contributed by atoms with Crippen LogP contribution in [-0.4, -0.2) is 28.0 Å². The minimum Gasteiger partial charge on any atom is -0.386 e. The van der Waals surface area contributed by atoms with Gasteiger partial charge in [-0.05, 0) is 32.4 Å². The van der Waals surface area contributed by atoms with Crippen molar-refractivity contribution in [3.63, 3.8) is 0 Å². The zero-order valence-corrected chi connectivity index (χ0v) is 13.7. The average Bonchev–Trinajstić information content (AvgIpc) is 2.84. The molecule has 2 rings (SSSR count). The summed E-state index contributed by atoms with van der Waals surface area (Å²) in [5, 5.41) is 11.1. The standard InChI is InChI=1S/C17H22N4O2/c1-13-9-15(3)21(19-13)11-14(2)20-23-12-17(22)18-10-16-7-5-4-6-8-16/h4-9H,10-12H2,1-3H3,(H,18,22)/b20-14+. The first-order valence-electron chi connectivity index (χ1n) is 7.51. The van der Waals surface area contributed by atoms with Gasteiger partial charge in [0.1, 0.15) is 0 Å². The number of nitrogens with zero attached hydrogens (tertiary/aromatic N) is 3. The Morgan fingerprint density at radius 1 is 1.30 bits per heavy atom. The quantitative estimate of drug-likeness (QED) is 0.629. The Bertz CT molecular complexity index is 677. The molecule has 0 atom stereocenters. The number of amides is 1. The van der Waals surface area contributed by atoms with Gasteiger partial charge in [0.15, 0.2) is 6.61 Å². The molecule has 6 nitrogen and oxygen atoms in total. The molecule has 0 saturated heterocycles. The van der Waals surface area contributed by atoms with Gasteiger partial charge in [-0.1, -0.05) is 35.5 Å². The molecule has 2 aromatic rings. The lowest BCUT2D eigenvalue weighted by Crippen LogP contribution is -2.26. The van der Waals surface area contributed by atoms with Crippen molar-refractivity contribution in [2.24, 2.45) is 5.16 Å². The maximum Gasteiger partial charge on any atom is 0.261 e. The van der Waals surface area contributed by atoms with Crippen LogP contribution in [0.3, 0.4) is 0 Å². The Morgan fingerprint density at radius 2 is 2.04 bits per heavy atom. The molecule has 23 heavy (non-hydrogen) atoms. The third-order valence-electron chi connectivity index (χ3n) is 3.23. The lowest BCUT2D eigenvalue weighted by molar-refractivity contribution is -0.125. The van der Waals surface area contributed by atoms with Crippen molar-refractivity contribution in [3.8, 4) is 0 Å². The molecule has 0 aliphatic heterocycles. The van der Waals surface area contributed by atoms with Gasteiger partial charge in [0.2, 0.25) is 0 Å². The lowest BCUT2D eigenvalue weighted by atomic mass is 10.2. The summed E-state index contributed by atoms with van der Waals surface area (Å²) >= 11 is 0. The van der Waals surface area contributed by atoms with Crippen molar-refractivity contribution in [2.75, 3.05) is 6.61 Å². The maximum absolute atomic E-state index is 11.7. The van der Waals surface area contributed by atoms with Gasteiger partial charge in [-0.15, -0.1) is 0 Å². The monoisotopic (exact) mass is 314 g/mol. The first-order chi connectivity index (χ1) is 11.0. The van der Waals surface area contributed by atoms with E-state index in [1.807, 2.05) is 61.9 Å². The van der Waals surface area contributed by atoms with E-state index >= 15 is 0 Å². The van der Waals surface area contributed by atoms with Crippen LogP contribution in [0.4, 0.5) is 0 Å². The van der Waals surface area contributed by atoms with Crippen molar-refractivity contribution in [1.29, 1.82) is 0 Å². The van der Waals surface area contributed by atoms with Crippen LogP contribution in [0.5, 0.6) is 0 Å². The predicted molar refractivity (Wildman–Crippen MR) is 89.1 cm³/mol. The number of aryl methyl sites for hydroxylation is 2. The first kappa shape index (κ1) is 16.7. The normalized spacial score (nSPS) is 11.3. The molecule has 122 valence electrons. The van der Waals surface area contributed by atoms with Crippen molar-refractivity contribution in [2.45, 2.75) is 33.9 Å². The highest BCUT2D eigenvalue weighted by Crippen LogP contribution is 2.02. The maximum atomic E-state index is 11.7. The van der Waals surface area contributed by atoms with E-state index in [1.165, 1.54) is 0 Å². The summed E-state index contributed by atoms with van der Waals surface area (Å²) in [6, 6.07) is 11.7. The Kier molecular flexibility index (Phi) is 5.91. The van der Waals surface area contributed by atoms with E-state index in [0.717, 1.165) is 22.7 Å². The van der Waals surface area contributed by atoms with Crippen LogP contribution in [0.1, 0.15) is 23.9 Å². The van der Waals surface area contributed by atoms with E-state index in [4.69, 9.17) is 4.84 Å². The molecule has 6 heteroatoms. The van der Waals surface area contributed by atoms with Crippen LogP contribution in [0.15, 0.2) is 41.6 Å². The zero-order chi connectivity index (χ0) is 16.7. The van der Waals surface area contributed by atoms with Crippen molar-refractivity contribution in [3.05, 3.63) is 53.3 Å². The van der Waals surface area contributed by atoms with Crippen LogP contribution in [-0.2, 0) is 22.7 Å². The number of carbonyl (C=O) groups excluding carboxylic acids is 1. The van der Waals surface area contributed by atoms with Crippen molar-refractivity contribution >= 4 is 11.6 Å². The molecule has 1 heterocycles. The molecule has 1 N–H and O–H groups in total. The predicted octanol–water partition coefficient (Wildman–Crippen LogP) is 2.21. The van der Waals surface area contributed by atoms with E-state index in [9.17, 15) is 4.79 Å². The van der Waals surface area contributed by atoms with Gasteiger partial charge in [0.25, 0.3) is 5.91 Å². The summed E-state index contributed by atoms with van der Waals surface area (Å²) < 4.78 is 1.85. The van der Waals surface area contributed by atoms with Crippen molar-refractivity contribution in [1.82, 2.24) is 15.1 Å². The second-order valence-electron chi connectivity index (χ2n) is 5.45. The summed E-state index contributed by atoms with van der Waals surface area (Å²) in [7, 11) is 0. The van der Waals surface area contributed by atoms with Crippen LogP contribution in [0, 0.1) is 13.8 Å². The highest BCUT2D eigenvalue weighted by molar-refractivity contribution is 5.81. The molecular formula is C17H22N4O2. The Labute approximate surface area is 136 Å². The SMILES string of the molecule is C/C(Cn1nc(C)cc1C)=N\OCC(=O)NCc1ccccc1. The molecule has 0 spiro atoms. The number of carbonyl (C=O) groups is 1. The van der Waals surface area contributed by atoms with Crippen molar-refractivity contribution < 1.29 is 9.63 Å². The molecule has 0 radical (unpaired) electrons. The molecule has 0 fully saturated rings. The molecule has 1 amide bonds. The van der Waals surface area contributed by atoms with Gasteiger partial charge < -0.3 is 10.2 Å². The van der Waals surface area contributed by atoms with E-state index in [-0.39, 0.29) is 12.5 Å². The highest BCUT2D eigenvalue weighted by atomic mass is 16.6. The summed E-state index contributed by atoms with van der Waals surface area (Å²) in [5.74, 6) is -0.198. The molecule has 0 aliphatic carbocycles. The largest absolute Gasteiger partial charge is 0.386 e. The van der Waals surface area contributed by atoms with E-state index in [0.29, 0.717) is 13.1 Å². The number of nitrogens with one attached hydrogen (secondary N) is 1. The minimum atomic E-state index is -0.198. The molecule has 0 aliphatic rings. The number of benzene rings is 1. The van der Waals surface area contributed by atoms with E-state index in [1.54, 1.807) is 0 Å². The third-order valence-corrected chi connectivity index (χ3v) is 3.23. The molecule has 0 saturated carbocycles. The summed E-state index contributed by atoms with van der Waals surface area (Å²) in [6.07, 6.45) is 0. The second-order valence-corrected chi connectivity index (χ2v) is 5.45. The number of hydrogen-bond acceptors (Lipinski definition) is 4. The molecule has 1 aromatic carbocycles. The summed E-state index contributed by atoms with van der Waals surface area (Å²) in [6.45, 7) is 6.72. The highest BCUT2D eigenvalue weighted by Gasteiger charge is 2.04. The van der Waals surface area contributed by atoms with Crippen LogP contribution in [0.25, 0.3) is 0 Å². The number of aromatic nitrogens is 2. The number of oxime groups is 1. The summed E-state index contributed by atoms with van der Waals surface area (Å²) in [4.78, 5) is 16.8. The molecule has 0 unspecified atom stereocenters. The van der Waals surface area contributed by atoms with E-state index in [2.05, 4.69) is 15.6 Å². The number of hydrogen-bond donors (Lipinski definition) is 1. The summed E-state index contributed by atoms with van der Waals surface area (Å²) in [5.41, 5.74) is 3.84. The average molecular weight is 314 g/mol. The first-order valence-corrected chi connectivity index (χ1v) is 7.51. The Morgan fingerprint density at radius 3 is 2.70 bits per heavy atom. The van der Waals surface area contributed by atoms with Crippen LogP contribution < -0.4 is 5.32 Å². The Hall–Kier alpha value is -2.63. The second kappa shape index (κ2) is 8.12. The fourth-order valence-electron chi connectivity index (χ4n) is 2.13. The third kappa shape index (κ3) is 5.58. The molecule has 1 aromatic heterocycles. The fourth-order valence-corrected chi connectivity index (χ4v) is 2.13. The smallest absolute Gasteiger partial charge is 0.261 e. The lowest BCUT2D eigenvalue weighted by Gasteiger charge is -2.06. The van der Waals surface area contributed by atoms with Gasteiger partial charge in [-0.25, -0.2) is 0 Å². The minimum absolute atomic E-state index is 0.0959. The fraction of sp³-hybridized carbons (Fsp3) is 0.353. The topological polar surface area (TPSA) is 68.5 Å². The van der Waals surface area contributed by atoms with Gasteiger partial charge in [0.05, 0.1) is 18.0 Å². The van der Waals surface area contributed by atoms with Gasteiger partial charge >= 0.3 is 0 Å². The van der Waals surface area contributed by atoms with Gasteiger partial charge in [-0.3, -0.25) is 9.48 Å². The molecular weight excluding hydrogens is 292 g/mol. The van der Waals surface area contributed by atoms with Gasteiger partial charge in [-0.2, -0.15) is 5.10 Å². The van der Waals surface area contributed by atoms with Gasteiger partial charge in [0, 0.05) is 12.2 Å².